The van der Waals surface area contributed by atoms with E-state index in [-0.39, 0.29) is 29.2 Å². The Labute approximate surface area is 191 Å². The zero-order valence-corrected chi connectivity index (χ0v) is 18.7. The highest BCUT2D eigenvalue weighted by Crippen LogP contribution is 2.29. The van der Waals surface area contributed by atoms with Crippen LogP contribution in [0.3, 0.4) is 0 Å². The van der Waals surface area contributed by atoms with Crippen LogP contribution in [0, 0.1) is 23.5 Å². The monoisotopic (exact) mass is 473 g/mol. The highest BCUT2D eigenvalue weighted by Gasteiger charge is 2.27. The molecule has 6 nitrogen and oxygen atoms in total. The maximum Gasteiger partial charge on any atom is 0.242 e. The van der Waals surface area contributed by atoms with Gasteiger partial charge in [0.05, 0.1) is 5.52 Å². The van der Waals surface area contributed by atoms with Gasteiger partial charge in [0.1, 0.15) is 4.90 Å². The number of hydrogen-bond acceptors (Lipinski definition) is 4. The predicted molar refractivity (Wildman–Crippen MR) is 121 cm³/mol. The highest BCUT2D eigenvalue weighted by molar-refractivity contribution is 7.89. The van der Waals surface area contributed by atoms with E-state index in [0.717, 1.165) is 30.4 Å². The lowest BCUT2D eigenvalue weighted by Gasteiger charge is -2.28. The molecule has 1 saturated carbocycles. The average molecular weight is 474 g/mol. The maximum absolute atomic E-state index is 13.3. The molecule has 0 saturated heterocycles. The second kappa shape index (κ2) is 9.93. The number of aromatic nitrogens is 1. The zero-order valence-electron chi connectivity index (χ0n) is 17.9. The van der Waals surface area contributed by atoms with Crippen LogP contribution >= 0.6 is 0 Å². The van der Waals surface area contributed by atoms with Gasteiger partial charge in [0.15, 0.2) is 11.6 Å². The van der Waals surface area contributed by atoms with E-state index in [1.165, 1.54) is 6.07 Å². The predicted octanol–water partition coefficient (Wildman–Crippen LogP) is 3.91. The van der Waals surface area contributed by atoms with Crippen molar-refractivity contribution in [1.82, 2.24) is 15.0 Å². The molecular formula is C24H25F2N3O3S. The fourth-order valence-electron chi connectivity index (χ4n) is 4.21. The molecule has 1 heterocycles. The van der Waals surface area contributed by atoms with Crippen LogP contribution in [-0.4, -0.2) is 25.9 Å². The van der Waals surface area contributed by atoms with Crippen molar-refractivity contribution >= 4 is 26.8 Å². The summed E-state index contributed by atoms with van der Waals surface area (Å²) in [5.74, 6) is -2.02. The summed E-state index contributed by atoms with van der Waals surface area (Å²) < 4.78 is 54.7. The molecular weight excluding hydrogens is 448 g/mol. The van der Waals surface area contributed by atoms with Gasteiger partial charge < -0.3 is 5.32 Å². The van der Waals surface area contributed by atoms with E-state index in [1.54, 1.807) is 24.4 Å². The summed E-state index contributed by atoms with van der Waals surface area (Å²) in [6.45, 7) is 0.434. The third kappa shape index (κ3) is 5.54. The number of amides is 1. The minimum Gasteiger partial charge on any atom is -0.352 e. The molecule has 0 atom stereocenters. The smallest absolute Gasteiger partial charge is 0.242 e. The van der Waals surface area contributed by atoms with Crippen LogP contribution in [0.5, 0.6) is 0 Å². The Balaban J connectivity index is 1.27. The van der Waals surface area contributed by atoms with Gasteiger partial charge in [0.2, 0.25) is 15.9 Å². The quantitative estimate of drug-likeness (QED) is 0.545. The Kier molecular flexibility index (Phi) is 6.99. The van der Waals surface area contributed by atoms with Crippen molar-refractivity contribution in [3.63, 3.8) is 0 Å². The van der Waals surface area contributed by atoms with Crippen LogP contribution in [0.2, 0.25) is 0 Å². The molecule has 174 valence electrons. The molecule has 0 radical (unpaired) electrons. The summed E-state index contributed by atoms with van der Waals surface area (Å²) >= 11 is 0. The number of nitrogens with one attached hydrogen (secondary N) is 2. The lowest BCUT2D eigenvalue weighted by Crippen LogP contribution is -2.36. The van der Waals surface area contributed by atoms with Gasteiger partial charge in [0, 0.05) is 30.6 Å². The van der Waals surface area contributed by atoms with Gasteiger partial charge in [-0.1, -0.05) is 24.3 Å². The number of benzene rings is 2. The number of carbonyl (C=O) groups excluding carboxylic acids is 1. The molecule has 3 aromatic rings. The molecule has 9 heteroatoms. The molecule has 0 spiro atoms. The van der Waals surface area contributed by atoms with Crippen LogP contribution in [0.15, 0.2) is 59.6 Å². The van der Waals surface area contributed by atoms with Gasteiger partial charge >= 0.3 is 0 Å². The van der Waals surface area contributed by atoms with Gasteiger partial charge in [-0.25, -0.2) is 21.9 Å². The maximum atomic E-state index is 13.3. The normalized spacial score (nSPS) is 18.8. The Hall–Kier alpha value is -2.91. The minimum atomic E-state index is -3.71. The molecule has 0 aliphatic heterocycles. The van der Waals surface area contributed by atoms with Gasteiger partial charge in [-0.2, -0.15) is 0 Å². The van der Waals surface area contributed by atoms with Crippen LogP contribution < -0.4 is 10.0 Å². The van der Waals surface area contributed by atoms with Crippen molar-refractivity contribution in [1.29, 1.82) is 0 Å². The van der Waals surface area contributed by atoms with Gasteiger partial charge in [-0.05, 0) is 61.4 Å². The molecule has 1 fully saturated rings. The zero-order chi connectivity index (χ0) is 23.4. The van der Waals surface area contributed by atoms with E-state index in [9.17, 15) is 22.0 Å². The van der Waals surface area contributed by atoms with E-state index in [4.69, 9.17) is 0 Å². The van der Waals surface area contributed by atoms with Gasteiger partial charge in [-0.15, -0.1) is 0 Å². The lowest BCUT2D eigenvalue weighted by molar-refractivity contribution is -0.126. The van der Waals surface area contributed by atoms with Crippen molar-refractivity contribution < 1.29 is 22.0 Å². The van der Waals surface area contributed by atoms with Crippen molar-refractivity contribution in [2.24, 2.45) is 11.8 Å². The molecule has 1 aromatic heterocycles. The van der Waals surface area contributed by atoms with E-state index in [0.29, 0.717) is 30.5 Å². The minimum absolute atomic E-state index is 0.124. The number of halogens is 2. The first-order valence-corrected chi connectivity index (χ1v) is 12.4. The number of carbonyl (C=O) groups is 1. The molecule has 0 unspecified atom stereocenters. The molecule has 4 rings (SSSR count). The van der Waals surface area contributed by atoms with Gasteiger partial charge in [-0.3, -0.25) is 9.78 Å². The molecule has 1 amide bonds. The van der Waals surface area contributed by atoms with Crippen LogP contribution in [-0.2, 0) is 21.4 Å². The first-order valence-electron chi connectivity index (χ1n) is 10.9. The fourth-order valence-corrected chi connectivity index (χ4v) is 5.50. The average Bonchev–Trinajstić information content (AvgIpc) is 2.83. The van der Waals surface area contributed by atoms with Crippen LogP contribution in [0.4, 0.5) is 8.78 Å². The Morgan fingerprint density at radius 2 is 1.76 bits per heavy atom. The van der Waals surface area contributed by atoms with E-state index in [2.05, 4.69) is 15.0 Å². The number of nitrogens with zero attached hydrogens (tertiary/aromatic N) is 1. The first kappa shape index (κ1) is 23.3. The summed E-state index contributed by atoms with van der Waals surface area (Å²) in [6.07, 6.45) is 4.30. The largest absolute Gasteiger partial charge is 0.352 e. The topological polar surface area (TPSA) is 88.2 Å². The number of sulfonamides is 1. The van der Waals surface area contributed by atoms with Crippen molar-refractivity contribution in [3.05, 3.63) is 71.9 Å². The van der Waals surface area contributed by atoms with E-state index >= 15 is 0 Å². The number of hydrogen-bond donors (Lipinski definition) is 2. The summed E-state index contributed by atoms with van der Waals surface area (Å²) in [5, 5.41) is 3.54. The second-order valence-electron chi connectivity index (χ2n) is 8.37. The number of para-hydroxylation sites is 1. The molecule has 33 heavy (non-hydrogen) atoms. The summed E-state index contributed by atoms with van der Waals surface area (Å²) in [4.78, 5) is 16.8. The SMILES string of the molecule is O=C(NCc1ccc(F)c(F)c1)C1CCC(CNS(=O)(=O)c2cccc3cccnc23)CC1. The third-order valence-electron chi connectivity index (χ3n) is 6.12. The molecule has 2 N–H and O–H groups in total. The van der Waals surface area contributed by atoms with Crippen molar-refractivity contribution in [2.75, 3.05) is 6.54 Å². The highest BCUT2D eigenvalue weighted by atomic mass is 32.2. The fraction of sp³-hybridized carbons (Fsp3) is 0.333. The van der Waals surface area contributed by atoms with E-state index < -0.39 is 21.7 Å². The van der Waals surface area contributed by atoms with E-state index in [1.807, 2.05) is 12.1 Å². The van der Waals surface area contributed by atoms with Gasteiger partial charge in [0.25, 0.3) is 0 Å². The van der Waals surface area contributed by atoms with Crippen molar-refractivity contribution in [2.45, 2.75) is 37.1 Å². The standard InChI is InChI=1S/C24H25F2N3O3S/c25-20-11-8-17(13-21(20)26)14-28-24(30)19-9-6-16(7-10-19)15-29-33(31,32)22-5-1-3-18-4-2-12-27-23(18)22/h1-5,8,11-13,16,19,29H,6-7,9-10,14-15H2,(H,28,30). The Morgan fingerprint density at radius 3 is 2.52 bits per heavy atom. The number of pyridine rings is 1. The summed E-state index contributed by atoms with van der Waals surface area (Å²) in [7, 11) is -3.71. The lowest BCUT2D eigenvalue weighted by atomic mass is 9.81. The number of fused-ring (bicyclic) bond motifs is 1. The Bertz CT molecular complexity index is 1250. The third-order valence-corrected chi connectivity index (χ3v) is 7.57. The second-order valence-corrected chi connectivity index (χ2v) is 10.1. The molecule has 1 aliphatic rings. The summed E-state index contributed by atoms with van der Waals surface area (Å²) in [5.41, 5.74) is 0.933. The first-order chi connectivity index (χ1) is 15.8. The summed E-state index contributed by atoms with van der Waals surface area (Å²) in [6, 6.07) is 12.2. The molecule has 1 aliphatic carbocycles. The van der Waals surface area contributed by atoms with Crippen molar-refractivity contribution in [3.8, 4) is 0 Å². The van der Waals surface area contributed by atoms with Crippen LogP contribution in [0.1, 0.15) is 31.2 Å². The molecule has 2 aromatic carbocycles. The van der Waals surface area contributed by atoms with Crippen LogP contribution in [0.25, 0.3) is 10.9 Å². The Morgan fingerprint density at radius 1 is 1.00 bits per heavy atom. The number of rotatable bonds is 7. The molecule has 0 bridgehead atoms.